The number of nitrogens with one attached hydrogen (secondary N) is 1. The first-order valence-electron chi connectivity index (χ1n) is 14.2. The van der Waals surface area contributed by atoms with E-state index in [-0.39, 0.29) is 5.91 Å². The number of hydrogen-bond donors (Lipinski definition) is 2. The molecule has 2 N–H and O–H groups in total. The molecule has 0 aliphatic carbocycles. The lowest BCUT2D eigenvalue weighted by atomic mass is 9.94. The molecule has 224 valence electrons. The summed E-state index contributed by atoms with van der Waals surface area (Å²) in [4.78, 5) is 47.2. The van der Waals surface area contributed by atoms with Crippen LogP contribution in [0, 0.1) is 6.92 Å². The first-order valence-corrected chi connectivity index (χ1v) is 15.1. The summed E-state index contributed by atoms with van der Waals surface area (Å²) in [6.45, 7) is 8.17. The summed E-state index contributed by atoms with van der Waals surface area (Å²) in [5.41, 5.74) is 1.87. The number of nitrogens with zero attached hydrogens (tertiary/aromatic N) is 3. The molecule has 0 radical (unpaired) electrons. The quantitative estimate of drug-likeness (QED) is 0.368. The number of amides is 3. The van der Waals surface area contributed by atoms with Crippen LogP contribution in [-0.4, -0.2) is 75.2 Å². The maximum Gasteiger partial charge on any atom is 0.410 e. The Kier molecular flexibility index (Phi) is 10.0. The van der Waals surface area contributed by atoms with Crippen LogP contribution in [0.15, 0.2) is 60.0 Å². The minimum atomic E-state index is -1.04. The molecule has 3 atom stereocenters. The fraction of sp³-hybridized carbons (Fsp3) is 0.438. The summed E-state index contributed by atoms with van der Waals surface area (Å²) in [6, 6.07) is 14.9. The molecule has 1 aliphatic rings. The van der Waals surface area contributed by atoms with Crippen LogP contribution in [0.5, 0.6) is 0 Å². The van der Waals surface area contributed by atoms with Gasteiger partial charge in [-0.05, 0) is 70.7 Å². The lowest BCUT2D eigenvalue weighted by molar-refractivity contribution is -0.00161. The van der Waals surface area contributed by atoms with Crippen molar-refractivity contribution in [2.45, 2.75) is 77.3 Å². The van der Waals surface area contributed by atoms with Gasteiger partial charge in [0.2, 0.25) is 0 Å². The van der Waals surface area contributed by atoms with E-state index in [0.717, 1.165) is 22.7 Å². The van der Waals surface area contributed by atoms with Crippen LogP contribution in [0.25, 0.3) is 0 Å². The van der Waals surface area contributed by atoms with Crippen molar-refractivity contribution in [3.05, 3.63) is 87.4 Å². The van der Waals surface area contributed by atoms with Crippen molar-refractivity contribution >= 4 is 29.2 Å². The second-order valence-corrected chi connectivity index (χ2v) is 12.7. The highest BCUT2D eigenvalue weighted by Gasteiger charge is 2.40. The Morgan fingerprint density at radius 3 is 2.52 bits per heavy atom. The molecule has 0 saturated carbocycles. The highest BCUT2D eigenvalue weighted by atomic mass is 32.1. The minimum Gasteiger partial charge on any atom is -0.444 e. The van der Waals surface area contributed by atoms with E-state index in [2.05, 4.69) is 10.3 Å². The monoisotopic (exact) mass is 592 g/mol. The number of carbonyl (C=O) groups is 3. The fourth-order valence-electron chi connectivity index (χ4n) is 5.10. The van der Waals surface area contributed by atoms with Crippen LogP contribution in [0.3, 0.4) is 0 Å². The lowest BCUT2D eigenvalue weighted by Crippen LogP contribution is -2.54. The number of likely N-dealkylation sites (tertiary alicyclic amines) is 1. The number of aryl methyl sites for hydroxylation is 1. The van der Waals surface area contributed by atoms with Gasteiger partial charge in [-0.25, -0.2) is 9.78 Å². The zero-order valence-corrected chi connectivity index (χ0v) is 25.7. The summed E-state index contributed by atoms with van der Waals surface area (Å²) in [7, 11) is 1.70. The molecule has 42 heavy (non-hydrogen) atoms. The van der Waals surface area contributed by atoms with Gasteiger partial charge in [-0.15, -0.1) is 11.3 Å². The van der Waals surface area contributed by atoms with E-state index in [4.69, 9.17) is 4.74 Å². The predicted octanol–water partition coefficient (Wildman–Crippen LogP) is 4.83. The van der Waals surface area contributed by atoms with Gasteiger partial charge in [0.15, 0.2) is 0 Å². The van der Waals surface area contributed by atoms with Gasteiger partial charge in [-0.2, -0.15) is 0 Å². The number of aliphatic hydroxyl groups is 1. The number of rotatable bonds is 9. The minimum absolute atomic E-state index is 0.225. The number of hydrogen-bond acceptors (Lipinski definition) is 7. The van der Waals surface area contributed by atoms with Crippen molar-refractivity contribution in [1.82, 2.24) is 20.1 Å². The van der Waals surface area contributed by atoms with Crippen molar-refractivity contribution in [2.24, 2.45) is 0 Å². The molecule has 1 saturated heterocycles. The first kappa shape index (κ1) is 31.2. The number of ether oxygens (including phenoxy) is 1. The van der Waals surface area contributed by atoms with Crippen LogP contribution in [0.4, 0.5) is 4.79 Å². The number of benzene rings is 2. The molecule has 0 spiro atoms. The summed E-state index contributed by atoms with van der Waals surface area (Å²) < 4.78 is 5.59. The molecule has 10 heteroatoms. The molecule has 1 aliphatic heterocycles. The lowest BCUT2D eigenvalue weighted by Gasteiger charge is -2.35. The van der Waals surface area contributed by atoms with Gasteiger partial charge in [-0.3, -0.25) is 9.59 Å². The summed E-state index contributed by atoms with van der Waals surface area (Å²) in [6.07, 6.45) is 0.168. The molecule has 9 nitrogen and oxygen atoms in total. The number of aromatic nitrogens is 1. The summed E-state index contributed by atoms with van der Waals surface area (Å²) in [5, 5.41) is 17.4. The van der Waals surface area contributed by atoms with E-state index in [0.29, 0.717) is 37.1 Å². The average molecular weight is 593 g/mol. The van der Waals surface area contributed by atoms with Crippen LogP contribution in [0.1, 0.15) is 70.6 Å². The van der Waals surface area contributed by atoms with Crippen molar-refractivity contribution in [3.63, 3.8) is 0 Å². The van der Waals surface area contributed by atoms with E-state index < -0.39 is 35.8 Å². The molecule has 1 unspecified atom stereocenters. The number of carbonyl (C=O) groups excluding carboxylic acids is 3. The van der Waals surface area contributed by atoms with Crippen molar-refractivity contribution in [3.8, 4) is 0 Å². The first-order chi connectivity index (χ1) is 19.9. The Morgan fingerprint density at radius 2 is 1.86 bits per heavy atom. The third kappa shape index (κ3) is 8.17. The van der Waals surface area contributed by atoms with E-state index in [9.17, 15) is 19.5 Å². The maximum atomic E-state index is 13.5. The highest BCUT2D eigenvalue weighted by Crippen LogP contribution is 2.26. The molecule has 3 aromatic rings. The highest BCUT2D eigenvalue weighted by molar-refractivity contribution is 7.09. The zero-order chi connectivity index (χ0) is 30.4. The van der Waals surface area contributed by atoms with Gasteiger partial charge in [0.05, 0.1) is 24.7 Å². The molecule has 3 amide bonds. The topological polar surface area (TPSA) is 112 Å². The Morgan fingerprint density at radius 1 is 1.14 bits per heavy atom. The molecule has 2 aromatic carbocycles. The fourth-order valence-corrected chi connectivity index (χ4v) is 5.93. The number of aliphatic hydroxyl groups excluding tert-OH is 1. The Labute approximate surface area is 251 Å². The second kappa shape index (κ2) is 13.5. The van der Waals surface area contributed by atoms with Gasteiger partial charge in [0.1, 0.15) is 10.6 Å². The summed E-state index contributed by atoms with van der Waals surface area (Å²) >= 11 is 1.50. The second-order valence-electron chi connectivity index (χ2n) is 11.8. The summed E-state index contributed by atoms with van der Waals surface area (Å²) in [5.74, 6) is -0.637. The smallest absolute Gasteiger partial charge is 0.410 e. The van der Waals surface area contributed by atoms with Crippen LogP contribution >= 0.6 is 11.3 Å². The van der Waals surface area contributed by atoms with Crippen LogP contribution in [0.2, 0.25) is 0 Å². The molecule has 2 heterocycles. The van der Waals surface area contributed by atoms with E-state index in [1.54, 1.807) is 41.1 Å². The van der Waals surface area contributed by atoms with Gasteiger partial charge < -0.3 is 25.0 Å². The van der Waals surface area contributed by atoms with Crippen LogP contribution in [-0.2, 0) is 17.7 Å². The van der Waals surface area contributed by atoms with Crippen LogP contribution < -0.4 is 5.32 Å². The van der Waals surface area contributed by atoms with Crippen molar-refractivity contribution in [2.75, 3.05) is 13.6 Å². The van der Waals surface area contributed by atoms with Crippen molar-refractivity contribution < 1.29 is 24.2 Å². The molecule has 4 rings (SSSR count). The molecular formula is C32H40N4O5S. The molecular weight excluding hydrogens is 552 g/mol. The zero-order valence-electron chi connectivity index (χ0n) is 24.9. The van der Waals surface area contributed by atoms with E-state index in [1.807, 2.05) is 63.4 Å². The standard InChI is InChI=1S/C32H40N4O5S/c1-21-20-42-27(33-21)19-35(5)30(39)24-14-9-13-23(18-24)29(38)34-25(17-22-11-7-6-8-12-22)28(37)26-15-10-16-36(26)31(40)41-32(2,3)4/h6-9,11-14,18,20,25-26,28,37H,10,15-17,19H2,1-5H3,(H,34,38)/t25-,26?,28-/m0/s1. The SMILES string of the molecule is Cc1csc(CN(C)C(=O)c2cccc(C(=O)N[C@@H](Cc3ccccc3)[C@H](O)C3CCCN3C(=O)OC(C)(C)C)c2)n1. The Bertz CT molecular complexity index is 1390. The normalized spacial score (nSPS) is 16.5. The molecule has 0 bridgehead atoms. The third-order valence-electron chi connectivity index (χ3n) is 7.11. The van der Waals surface area contributed by atoms with Gasteiger partial charge >= 0.3 is 6.09 Å². The predicted molar refractivity (Wildman–Crippen MR) is 162 cm³/mol. The van der Waals surface area contributed by atoms with Gasteiger partial charge in [0.25, 0.3) is 11.8 Å². The van der Waals surface area contributed by atoms with Crippen molar-refractivity contribution in [1.29, 1.82) is 0 Å². The largest absolute Gasteiger partial charge is 0.444 e. The third-order valence-corrected chi connectivity index (χ3v) is 8.06. The number of thiazole rings is 1. The Hall–Kier alpha value is -3.76. The average Bonchev–Trinajstić information content (AvgIpc) is 3.60. The van der Waals surface area contributed by atoms with Gasteiger partial charge in [0, 0.05) is 35.8 Å². The van der Waals surface area contributed by atoms with E-state index in [1.165, 1.54) is 11.3 Å². The maximum absolute atomic E-state index is 13.5. The van der Waals surface area contributed by atoms with E-state index >= 15 is 0 Å². The Balaban J connectivity index is 1.52. The molecule has 1 aromatic heterocycles. The molecule has 1 fully saturated rings. The van der Waals surface area contributed by atoms with Gasteiger partial charge in [-0.1, -0.05) is 36.4 Å².